The molecule has 3 aromatic rings. The highest BCUT2D eigenvalue weighted by molar-refractivity contribution is 5.95. The Kier molecular flexibility index (Phi) is 4.54. The Hall–Kier alpha value is -3.28. The van der Waals surface area contributed by atoms with Gasteiger partial charge in [0.05, 0.1) is 23.1 Å². The summed E-state index contributed by atoms with van der Waals surface area (Å²) in [6.07, 6.45) is 8.16. The van der Waals surface area contributed by atoms with Crippen molar-refractivity contribution < 1.29 is 4.79 Å². The first kappa shape index (κ1) is 17.1. The number of fused-ring (bicyclic) bond motifs is 3. The van der Waals surface area contributed by atoms with Crippen molar-refractivity contribution in [3.05, 3.63) is 71.7 Å². The van der Waals surface area contributed by atoms with E-state index in [4.69, 9.17) is 4.98 Å². The molecule has 1 aliphatic carbocycles. The first-order chi connectivity index (χ1) is 13.2. The number of aryl methyl sites for hydroxylation is 2. The summed E-state index contributed by atoms with van der Waals surface area (Å²) in [5, 5.41) is 7.12. The molecule has 0 atom stereocenters. The van der Waals surface area contributed by atoms with Crippen molar-refractivity contribution in [3.8, 4) is 17.2 Å². The smallest absolute Gasteiger partial charge is 0.255 e. The zero-order valence-corrected chi connectivity index (χ0v) is 15.3. The van der Waals surface area contributed by atoms with E-state index in [1.807, 2.05) is 19.2 Å². The third-order valence-electron chi connectivity index (χ3n) is 4.87. The van der Waals surface area contributed by atoms with Gasteiger partial charge in [-0.3, -0.25) is 4.79 Å². The number of carbonyl (C=O) groups is 1. The minimum absolute atomic E-state index is 0.182. The molecule has 136 valence electrons. The molecule has 27 heavy (non-hydrogen) atoms. The fourth-order valence-electron chi connectivity index (χ4n) is 3.45. The first-order valence-electron chi connectivity index (χ1n) is 9.07. The summed E-state index contributed by atoms with van der Waals surface area (Å²) >= 11 is 0. The van der Waals surface area contributed by atoms with E-state index in [0.29, 0.717) is 23.8 Å². The van der Waals surface area contributed by atoms with Crippen LogP contribution in [-0.2, 0) is 12.8 Å². The molecule has 0 spiro atoms. The third-order valence-corrected chi connectivity index (χ3v) is 4.87. The van der Waals surface area contributed by atoms with Crippen LogP contribution >= 0.6 is 0 Å². The van der Waals surface area contributed by atoms with E-state index in [0.717, 1.165) is 36.1 Å². The maximum atomic E-state index is 12.3. The third kappa shape index (κ3) is 3.14. The number of nitrogens with zero attached hydrogens (tertiary/aromatic N) is 4. The van der Waals surface area contributed by atoms with Crippen molar-refractivity contribution in [3.63, 3.8) is 0 Å². The maximum absolute atomic E-state index is 12.3. The van der Waals surface area contributed by atoms with Gasteiger partial charge in [0.1, 0.15) is 0 Å². The highest BCUT2D eigenvalue weighted by atomic mass is 16.1. The van der Waals surface area contributed by atoms with Gasteiger partial charge in [-0.15, -0.1) is 6.58 Å². The minimum Gasteiger partial charge on any atom is -0.348 e. The highest BCUT2D eigenvalue weighted by Gasteiger charge is 2.20. The van der Waals surface area contributed by atoms with Gasteiger partial charge in [0.25, 0.3) is 11.9 Å². The van der Waals surface area contributed by atoms with E-state index in [1.54, 1.807) is 17.0 Å². The number of hydrogen-bond donors (Lipinski definition) is 1. The zero-order chi connectivity index (χ0) is 18.8. The monoisotopic (exact) mass is 359 g/mol. The molecule has 0 unspecified atom stereocenters. The standard InChI is InChI=1S/C21H21N5O/c1-3-11-22-20(27)18-13-24-26(14(18)2)21-23-12-16-9-6-8-15-7-4-5-10-17(15)19(16)25-21/h3-5,7,10,12-13H,1,6,8-9,11H2,2H3,(H,22,27). The average Bonchev–Trinajstić information content (AvgIpc) is 2.98. The molecule has 6 heteroatoms. The first-order valence-corrected chi connectivity index (χ1v) is 9.07. The van der Waals surface area contributed by atoms with Gasteiger partial charge >= 0.3 is 0 Å². The van der Waals surface area contributed by atoms with Crippen LogP contribution in [0.25, 0.3) is 17.2 Å². The van der Waals surface area contributed by atoms with Gasteiger partial charge < -0.3 is 5.32 Å². The van der Waals surface area contributed by atoms with E-state index in [1.165, 1.54) is 5.56 Å². The van der Waals surface area contributed by atoms with E-state index < -0.39 is 0 Å². The highest BCUT2D eigenvalue weighted by Crippen LogP contribution is 2.31. The number of aromatic nitrogens is 4. The number of nitrogens with one attached hydrogen (secondary N) is 1. The van der Waals surface area contributed by atoms with Crippen molar-refractivity contribution in [1.82, 2.24) is 25.1 Å². The van der Waals surface area contributed by atoms with E-state index in [-0.39, 0.29) is 5.91 Å². The van der Waals surface area contributed by atoms with Gasteiger partial charge in [0.15, 0.2) is 0 Å². The fourth-order valence-corrected chi connectivity index (χ4v) is 3.45. The van der Waals surface area contributed by atoms with Crippen LogP contribution in [-0.4, -0.2) is 32.2 Å². The van der Waals surface area contributed by atoms with E-state index in [2.05, 4.69) is 40.2 Å². The SMILES string of the molecule is C=CCNC(=O)c1cnn(-c2ncc3c(n2)-c2ccccc2CCC3)c1C. The molecule has 0 bridgehead atoms. The van der Waals surface area contributed by atoms with Gasteiger partial charge in [-0.1, -0.05) is 30.3 Å². The van der Waals surface area contributed by atoms with Crippen LogP contribution < -0.4 is 5.32 Å². The molecule has 2 heterocycles. The summed E-state index contributed by atoms with van der Waals surface area (Å²) in [7, 11) is 0. The number of carbonyl (C=O) groups excluding carboxylic acids is 1. The number of benzene rings is 1. The average molecular weight is 359 g/mol. The van der Waals surface area contributed by atoms with Gasteiger partial charge in [-0.05, 0) is 37.3 Å². The van der Waals surface area contributed by atoms with Crippen molar-refractivity contribution >= 4 is 5.91 Å². The fraction of sp³-hybridized carbons (Fsp3) is 0.238. The molecule has 1 amide bonds. The van der Waals surface area contributed by atoms with Gasteiger partial charge in [0, 0.05) is 18.3 Å². The summed E-state index contributed by atoms with van der Waals surface area (Å²) in [6.45, 7) is 5.87. The molecule has 0 fully saturated rings. The molecule has 0 aliphatic heterocycles. The number of amides is 1. The van der Waals surface area contributed by atoms with Crippen LogP contribution in [0.1, 0.15) is 33.6 Å². The molecular formula is C21H21N5O. The lowest BCUT2D eigenvalue weighted by atomic mass is 10.0. The Labute approximate surface area is 158 Å². The Balaban J connectivity index is 1.76. The van der Waals surface area contributed by atoms with Crippen LogP contribution in [0, 0.1) is 6.92 Å². The van der Waals surface area contributed by atoms with Crippen LogP contribution in [0.15, 0.2) is 49.3 Å². The number of hydrogen-bond acceptors (Lipinski definition) is 4. The van der Waals surface area contributed by atoms with Crippen molar-refractivity contribution in [1.29, 1.82) is 0 Å². The molecular weight excluding hydrogens is 338 g/mol. The zero-order valence-electron chi connectivity index (χ0n) is 15.3. The van der Waals surface area contributed by atoms with Crippen molar-refractivity contribution in [2.75, 3.05) is 6.54 Å². The maximum Gasteiger partial charge on any atom is 0.255 e. The summed E-state index contributed by atoms with van der Waals surface area (Å²) in [5.74, 6) is 0.296. The summed E-state index contributed by atoms with van der Waals surface area (Å²) < 4.78 is 1.62. The normalized spacial score (nSPS) is 12.6. The van der Waals surface area contributed by atoms with E-state index in [9.17, 15) is 4.79 Å². The molecule has 0 saturated carbocycles. The van der Waals surface area contributed by atoms with Crippen LogP contribution in [0.2, 0.25) is 0 Å². The summed E-state index contributed by atoms with van der Waals surface area (Å²) in [6, 6.07) is 8.38. The van der Waals surface area contributed by atoms with Gasteiger partial charge in [-0.2, -0.15) is 5.10 Å². The molecule has 0 saturated heterocycles. The quantitative estimate of drug-likeness (QED) is 0.727. The Bertz CT molecular complexity index is 1020. The lowest BCUT2D eigenvalue weighted by molar-refractivity contribution is 0.0957. The van der Waals surface area contributed by atoms with Crippen LogP contribution in [0.3, 0.4) is 0 Å². The van der Waals surface area contributed by atoms with Crippen molar-refractivity contribution in [2.24, 2.45) is 0 Å². The molecule has 0 radical (unpaired) electrons. The van der Waals surface area contributed by atoms with E-state index >= 15 is 0 Å². The lowest BCUT2D eigenvalue weighted by Crippen LogP contribution is -2.23. The molecule has 6 nitrogen and oxygen atoms in total. The predicted molar refractivity (Wildman–Crippen MR) is 104 cm³/mol. The predicted octanol–water partition coefficient (Wildman–Crippen LogP) is 3.04. The molecule has 1 aliphatic rings. The van der Waals surface area contributed by atoms with Gasteiger partial charge in [0.2, 0.25) is 0 Å². The summed E-state index contributed by atoms with van der Waals surface area (Å²) in [4.78, 5) is 21.6. The second kappa shape index (κ2) is 7.15. The second-order valence-electron chi connectivity index (χ2n) is 6.61. The van der Waals surface area contributed by atoms with Crippen molar-refractivity contribution in [2.45, 2.75) is 26.2 Å². The number of rotatable bonds is 4. The Morgan fingerprint density at radius 2 is 2.07 bits per heavy atom. The molecule has 2 aromatic heterocycles. The van der Waals surface area contributed by atoms with Gasteiger partial charge in [-0.25, -0.2) is 14.6 Å². The lowest BCUT2D eigenvalue weighted by Gasteiger charge is -2.10. The topological polar surface area (TPSA) is 72.7 Å². The summed E-state index contributed by atoms with van der Waals surface area (Å²) in [5.41, 5.74) is 5.79. The van der Waals surface area contributed by atoms with Crippen LogP contribution in [0.4, 0.5) is 0 Å². The molecule has 1 aromatic carbocycles. The largest absolute Gasteiger partial charge is 0.348 e. The molecule has 4 rings (SSSR count). The minimum atomic E-state index is -0.182. The van der Waals surface area contributed by atoms with Crippen LogP contribution in [0.5, 0.6) is 0 Å². The Morgan fingerprint density at radius 3 is 2.93 bits per heavy atom. The molecule has 1 N–H and O–H groups in total. The second-order valence-corrected chi connectivity index (χ2v) is 6.61. The Morgan fingerprint density at radius 1 is 1.26 bits per heavy atom.